The number of carbonyl (C=O) groups is 1. The van der Waals surface area contributed by atoms with Gasteiger partial charge in [-0.05, 0) is 36.4 Å². The van der Waals surface area contributed by atoms with E-state index in [0.29, 0.717) is 23.1 Å². The Morgan fingerprint density at radius 2 is 1.80 bits per heavy atom. The lowest BCUT2D eigenvalue weighted by Crippen LogP contribution is -2.12. The third-order valence-corrected chi connectivity index (χ3v) is 6.05. The Hall–Kier alpha value is -3.20. The monoisotopic (exact) mass is 429 g/mol. The molecule has 7 nitrogen and oxygen atoms in total. The molecule has 4 rings (SSSR count). The molecule has 0 saturated heterocycles. The lowest BCUT2D eigenvalue weighted by molar-refractivity contribution is -0.113. The largest absolute Gasteiger partial charge is 0.493 e. The van der Waals surface area contributed by atoms with E-state index in [0.717, 1.165) is 16.9 Å². The fourth-order valence-corrected chi connectivity index (χ4v) is 4.62. The summed E-state index contributed by atoms with van der Waals surface area (Å²) in [6, 6.07) is 9.79. The normalized spacial score (nSPS) is 15.7. The first-order chi connectivity index (χ1) is 14.6. The summed E-state index contributed by atoms with van der Waals surface area (Å²) in [5.41, 5.74) is 2.29. The molecule has 2 aromatic carbocycles. The second-order valence-electron chi connectivity index (χ2n) is 6.49. The first-order valence-corrected chi connectivity index (χ1v) is 10.2. The summed E-state index contributed by atoms with van der Waals surface area (Å²) in [4.78, 5) is 16.7. The van der Waals surface area contributed by atoms with E-state index in [1.165, 1.54) is 23.9 Å². The minimum Gasteiger partial charge on any atom is -0.493 e. The molecule has 2 heterocycles. The maximum Gasteiger partial charge on any atom is 0.235 e. The number of rotatable bonds is 5. The van der Waals surface area contributed by atoms with Crippen LogP contribution < -0.4 is 19.5 Å². The summed E-state index contributed by atoms with van der Waals surface area (Å²) in [7, 11) is 4.66. The Balaban J connectivity index is 1.92. The second kappa shape index (κ2) is 8.27. The molecule has 0 fully saturated rings. The molecule has 30 heavy (non-hydrogen) atoms. The number of hydrogen-bond acceptors (Lipinski definition) is 6. The van der Waals surface area contributed by atoms with Gasteiger partial charge in [-0.15, -0.1) is 11.8 Å². The van der Waals surface area contributed by atoms with Crippen LogP contribution in [0.4, 0.5) is 10.2 Å². The third-order valence-electron chi connectivity index (χ3n) is 4.81. The van der Waals surface area contributed by atoms with Gasteiger partial charge < -0.3 is 19.5 Å². The van der Waals surface area contributed by atoms with Gasteiger partial charge in [0.2, 0.25) is 11.7 Å². The molecule has 0 saturated carbocycles. The Morgan fingerprint density at radius 1 is 1.07 bits per heavy atom. The van der Waals surface area contributed by atoms with Crippen LogP contribution in [0.3, 0.4) is 0 Å². The summed E-state index contributed by atoms with van der Waals surface area (Å²) in [6.07, 6.45) is 1.62. The molecule has 0 spiro atoms. The van der Waals surface area contributed by atoms with E-state index in [4.69, 9.17) is 14.2 Å². The highest BCUT2D eigenvalue weighted by Crippen LogP contribution is 2.50. The Morgan fingerprint density at radius 3 is 2.47 bits per heavy atom. The van der Waals surface area contributed by atoms with Crippen LogP contribution in [0.2, 0.25) is 0 Å². The number of hydrogen-bond donors (Lipinski definition) is 1. The Kier molecular flexibility index (Phi) is 5.54. The molecule has 0 unspecified atom stereocenters. The number of fused-ring (bicyclic) bond motifs is 1. The first-order valence-electron chi connectivity index (χ1n) is 9.10. The van der Waals surface area contributed by atoms with Gasteiger partial charge in [0, 0.05) is 11.3 Å². The molecule has 0 bridgehead atoms. The number of carbonyl (C=O) groups excluding carboxylic acids is 1. The predicted molar refractivity (Wildman–Crippen MR) is 113 cm³/mol. The summed E-state index contributed by atoms with van der Waals surface area (Å²) in [5, 5.41) is 2.55. The average Bonchev–Trinajstić information content (AvgIpc) is 3.09. The van der Waals surface area contributed by atoms with Gasteiger partial charge in [0.25, 0.3) is 0 Å². The van der Waals surface area contributed by atoms with Crippen molar-refractivity contribution in [1.29, 1.82) is 0 Å². The van der Waals surface area contributed by atoms with Crippen molar-refractivity contribution in [2.75, 3.05) is 32.4 Å². The van der Waals surface area contributed by atoms with E-state index in [1.54, 1.807) is 45.9 Å². The van der Waals surface area contributed by atoms with Crippen LogP contribution in [-0.4, -0.2) is 42.5 Å². The zero-order chi connectivity index (χ0) is 21.3. The summed E-state index contributed by atoms with van der Waals surface area (Å²) in [6.45, 7) is 0. The van der Waals surface area contributed by atoms with Gasteiger partial charge in [0.15, 0.2) is 17.3 Å². The maximum atomic E-state index is 13.5. The molecule has 1 aromatic heterocycles. The molecule has 1 aliphatic heterocycles. The minimum absolute atomic E-state index is 0.146. The van der Waals surface area contributed by atoms with E-state index in [2.05, 4.69) is 10.3 Å². The Labute approximate surface area is 177 Å². The smallest absolute Gasteiger partial charge is 0.235 e. The highest BCUT2D eigenvalue weighted by Gasteiger charge is 2.32. The zero-order valence-electron chi connectivity index (χ0n) is 16.6. The third kappa shape index (κ3) is 3.45. The molecule has 1 atom stereocenters. The van der Waals surface area contributed by atoms with Gasteiger partial charge in [0.1, 0.15) is 12.1 Å². The van der Waals surface area contributed by atoms with Crippen LogP contribution in [0.15, 0.2) is 42.7 Å². The van der Waals surface area contributed by atoms with Gasteiger partial charge in [-0.2, -0.15) is 0 Å². The number of amides is 1. The SMILES string of the molecule is COc1ccc([C@@H]2SCC(=O)Nc3ncn(-c4ccc(F)cc4)c32)c(OC)c1OC. The number of methoxy groups -OCH3 is 3. The van der Waals surface area contributed by atoms with Crippen molar-refractivity contribution in [1.82, 2.24) is 9.55 Å². The molecular formula is C21H20FN3O4S. The minimum atomic E-state index is -0.328. The quantitative estimate of drug-likeness (QED) is 0.665. The second-order valence-corrected chi connectivity index (χ2v) is 7.58. The standard InChI is InChI=1S/C21H20FN3O4S/c1-27-15-9-8-14(18(28-2)19(15)29-3)20-17-21(24-16(26)10-30-20)23-11-25(17)13-6-4-12(22)5-7-13/h4-9,11,20H,10H2,1-3H3,(H,24,26)/t20-/m0/s1. The molecule has 0 aliphatic carbocycles. The fraction of sp³-hybridized carbons (Fsp3) is 0.238. The summed E-state index contributed by atoms with van der Waals surface area (Å²) < 4.78 is 31.9. The summed E-state index contributed by atoms with van der Waals surface area (Å²) >= 11 is 1.44. The van der Waals surface area contributed by atoms with Crippen molar-refractivity contribution in [3.63, 3.8) is 0 Å². The number of aromatic nitrogens is 2. The molecule has 1 amide bonds. The van der Waals surface area contributed by atoms with E-state index in [1.807, 2.05) is 10.6 Å². The molecular weight excluding hydrogens is 409 g/mol. The number of anilines is 1. The Bertz CT molecular complexity index is 1080. The topological polar surface area (TPSA) is 74.6 Å². The number of ether oxygens (including phenoxy) is 3. The van der Waals surface area contributed by atoms with Gasteiger partial charge >= 0.3 is 0 Å². The zero-order valence-corrected chi connectivity index (χ0v) is 17.5. The van der Waals surface area contributed by atoms with Crippen molar-refractivity contribution in [3.05, 3.63) is 59.8 Å². The first kappa shape index (κ1) is 20.1. The predicted octanol–water partition coefficient (Wildman–Crippen LogP) is 3.81. The van der Waals surface area contributed by atoms with Crippen molar-refractivity contribution < 1.29 is 23.4 Å². The van der Waals surface area contributed by atoms with Gasteiger partial charge in [-0.3, -0.25) is 9.36 Å². The van der Waals surface area contributed by atoms with Crippen LogP contribution in [0.25, 0.3) is 5.69 Å². The van der Waals surface area contributed by atoms with Crippen LogP contribution in [0, 0.1) is 5.82 Å². The van der Waals surface area contributed by atoms with Gasteiger partial charge in [-0.25, -0.2) is 9.37 Å². The number of nitrogens with one attached hydrogen (secondary N) is 1. The maximum absolute atomic E-state index is 13.5. The van der Waals surface area contributed by atoms with Crippen molar-refractivity contribution in [2.45, 2.75) is 5.25 Å². The molecule has 1 aliphatic rings. The highest BCUT2D eigenvalue weighted by molar-refractivity contribution is 8.00. The van der Waals surface area contributed by atoms with Crippen molar-refractivity contribution in [2.24, 2.45) is 0 Å². The lowest BCUT2D eigenvalue weighted by atomic mass is 10.1. The van der Waals surface area contributed by atoms with E-state index in [-0.39, 0.29) is 22.7 Å². The van der Waals surface area contributed by atoms with Gasteiger partial charge in [0.05, 0.1) is 38.0 Å². The number of imidazole rings is 1. The molecule has 0 radical (unpaired) electrons. The number of halogens is 1. The number of benzene rings is 2. The summed E-state index contributed by atoms with van der Waals surface area (Å²) in [5.74, 6) is 1.74. The van der Waals surface area contributed by atoms with E-state index < -0.39 is 0 Å². The van der Waals surface area contributed by atoms with E-state index in [9.17, 15) is 9.18 Å². The number of nitrogens with zero attached hydrogens (tertiary/aromatic N) is 2. The van der Waals surface area contributed by atoms with Crippen LogP contribution >= 0.6 is 11.8 Å². The van der Waals surface area contributed by atoms with E-state index >= 15 is 0 Å². The van der Waals surface area contributed by atoms with Crippen molar-refractivity contribution in [3.8, 4) is 22.9 Å². The average molecular weight is 429 g/mol. The molecule has 1 N–H and O–H groups in total. The van der Waals surface area contributed by atoms with Crippen LogP contribution in [0.5, 0.6) is 17.2 Å². The fourth-order valence-electron chi connectivity index (χ4n) is 3.49. The molecule has 9 heteroatoms. The van der Waals surface area contributed by atoms with Crippen LogP contribution in [0.1, 0.15) is 16.5 Å². The molecule has 156 valence electrons. The molecule has 3 aromatic rings. The lowest BCUT2D eigenvalue weighted by Gasteiger charge is -2.22. The highest BCUT2D eigenvalue weighted by atomic mass is 32.2. The number of thioether (sulfide) groups is 1. The van der Waals surface area contributed by atoms with Gasteiger partial charge in [-0.1, -0.05) is 0 Å². The van der Waals surface area contributed by atoms with Crippen molar-refractivity contribution >= 4 is 23.5 Å². The van der Waals surface area contributed by atoms with Crippen LogP contribution in [-0.2, 0) is 4.79 Å².